The summed E-state index contributed by atoms with van der Waals surface area (Å²) in [7, 11) is 0. The van der Waals surface area contributed by atoms with Gasteiger partial charge in [-0.3, -0.25) is 9.59 Å². The van der Waals surface area contributed by atoms with Gasteiger partial charge in [0.15, 0.2) is 17.7 Å². The van der Waals surface area contributed by atoms with E-state index >= 15 is 0 Å². The third-order valence-electron chi connectivity index (χ3n) is 7.04. The van der Waals surface area contributed by atoms with Crippen LogP contribution in [0.5, 0.6) is 5.75 Å². The van der Waals surface area contributed by atoms with Crippen LogP contribution < -0.4 is 10.2 Å². The van der Waals surface area contributed by atoms with Gasteiger partial charge in [0.05, 0.1) is 19.3 Å². The molecular formula is C29H30N2O6. The van der Waals surface area contributed by atoms with Crippen molar-refractivity contribution in [2.45, 2.75) is 44.4 Å². The molecule has 0 aliphatic carbocycles. The Hall–Kier alpha value is -3.91. The van der Waals surface area contributed by atoms with E-state index in [2.05, 4.69) is 0 Å². The van der Waals surface area contributed by atoms with E-state index in [-0.39, 0.29) is 29.9 Å². The number of hydrogen-bond acceptors (Lipinski definition) is 5. The standard InChI is InChI=1S/C29H30N2O6/c1-2-3-16-36-26-24-27(33)30-15-10-17-37-28(30)23(31(24)18-21(25(26)32)29(34)35)22(19-11-6-4-7-12-19)20-13-8-5-9-14-20/h4-9,11-14,18,22-23,28H,2-3,10,15-17H2,1H3,(H,34,35)/t23-,28-/m0/s1. The third kappa shape index (κ3) is 4.53. The van der Waals surface area contributed by atoms with Gasteiger partial charge in [0.25, 0.3) is 5.91 Å². The average molecular weight is 503 g/mol. The molecule has 2 aromatic carbocycles. The smallest absolute Gasteiger partial charge is 0.341 e. The summed E-state index contributed by atoms with van der Waals surface area (Å²) in [5.74, 6) is -2.25. The highest BCUT2D eigenvalue weighted by atomic mass is 16.5. The quantitative estimate of drug-likeness (QED) is 0.461. The highest BCUT2D eigenvalue weighted by molar-refractivity contribution is 5.98. The molecule has 1 amide bonds. The molecule has 8 nitrogen and oxygen atoms in total. The maximum atomic E-state index is 13.8. The summed E-state index contributed by atoms with van der Waals surface area (Å²) >= 11 is 0. The van der Waals surface area contributed by atoms with Crippen molar-refractivity contribution < 1.29 is 24.2 Å². The van der Waals surface area contributed by atoms with Crippen molar-refractivity contribution in [1.82, 2.24) is 9.47 Å². The molecule has 2 atom stereocenters. The molecule has 0 radical (unpaired) electrons. The normalized spacial score (nSPS) is 18.9. The lowest BCUT2D eigenvalue weighted by atomic mass is 9.82. The fraction of sp³-hybridized carbons (Fsp3) is 0.345. The first-order valence-electron chi connectivity index (χ1n) is 12.7. The van der Waals surface area contributed by atoms with E-state index in [1.165, 1.54) is 6.20 Å². The Balaban J connectivity index is 1.80. The van der Waals surface area contributed by atoms with E-state index in [0.717, 1.165) is 17.5 Å². The molecule has 3 heterocycles. The molecule has 37 heavy (non-hydrogen) atoms. The minimum atomic E-state index is -1.37. The molecule has 5 rings (SSSR count). The van der Waals surface area contributed by atoms with Crippen molar-refractivity contribution in [1.29, 1.82) is 0 Å². The van der Waals surface area contributed by atoms with Crippen molar-refractivity contribution in [3.05, 3.63) is 99.5 Å². The van der Waals surface area contributed by atoms with Crippen LogP contribution in [-0.2, 0) is 4.74 Å². The number of fused-ring (bicyclic) bond motifs is 2. The van der Waals surface area contributed by atoms with Crippen LogP contribution in [0.2, 0.25) is 0 Å². The van der Waals surface area contributed by atoms with Crippen LogP contribution in [0.3, 0.4) is 0 Å². The highest BCUT2D eigenvalue weighted by Gasteiger charge is 2.48. The number of aromatic carboxylic acids is 1. The van der Waals surface area contributed by atoms with Crippen molar-refractivity contribution >= 4 is 11.9 Å². The van der Waals surface area contributed by atoms with Gasteiger partial charge >= 0.3 is 5.97 Å². The van der Waals surface area contributed by atoms with Gasteiger partial charge in [-0.1, -0.05) is 74.0 Å². The first-order chi connectivity index (χ1) is 18.0. The summed E-state index contributed by atoms with van der Waals surface area (Å²) in [5, 5.41) is 9.93. The number of pyridine rings is 1. The Morgan fingerprint density at radius 2 is 1.73 bits per heavy atom. The van der Waals surface area contributed by atoms with Crippen LogP contribution in [0, 0.1) is 0 Å². The molecule has 0 unspecified atom stereocenters. The van der Waals surface area contributed by atoms with Gasteiger partial charge in [0.1, 0.15) is 5.56 Å². The predicted molar refractivity (Wildman–Crippen MR) is 137 cm³/mol. The lowest BCUT2D eigenvalue weighted by Crippen LogP contribution is -2.57. The molecule has 8 heteroatoms. The molecule has 1 aromatic heterocycles. The van der Waals surface area contributed by atoms with Crippen LogP contribution in [0.1, 0.15) is 70.1 Å². The summed E-state index contributed by atoms with van der Waals surface area (Å²) < 4.78 is 13.7. The molecule has 1 N–H and O–H groups in total. The Bertz CT molecular complexity index is 1300. The molecule has 1 fully saturated rings. The van der Waals surface area contributed by atoms with E-state index in [1.54, 1.807) is 9.47 Å². The Labute approximate surface area is 215 Å². The second kappa shape index (κ2) is 10.6. The molecule has 0 saturated carbocycles. The van der Waals surface area contributed by atoms with Gasteiger partial charge in [0, 0.05) is 18.7 Å². The summed E-state index contributed by atoms with van der Waals surface area (Å²) in [4.78, 5) is 41.0. The van der Waals surface area contributed by atoms with Crippen molar-refractivity contribution in [2.75, 3.05) is 19.8 Å². The van der Waals surface area contributed by atoms with Gasteiger partial charge < -0.3 is 24.0 Å². The highest BCUT2D eigenvalue weighted by Crippen LogP contribution is 2.44. The zero-order valence-corrected chi connectivity index (χ0v) is 20.7. The monoisotopic (exact) mass is 502 g/mol. The van der Waals surface area contributed by atoms with Crippen LogP contribution in [0.4, 0.5) is 0 Å². The second-order valence-electron chi connectivity index (χ2n) is 9.37. The molecule has 3 aromatic rings. The maximum Gasteiger partial charge on any atom is 0.341 e. The zero-order chi connectivity index (χ0) is 25.9. The number of hydrogen-bond donors (Lipinski definition) is 1. The average Bonchev–Trinajstić information content (AvgIpc) is 2.92. The number of ether oxygens (including phenoxy) is 2. The number of carbonyl (C=O) groups is 2. The summed E-state index contributed by atoms with van der Waals surface area (Å²) in [5.41, 5.74) is 0.829. The SMILES string of the molecule is CCCCOc1c2n(cc(C(=O)O)c1=O)[C@@H](C(c1ccccc1)c1ccccc1)[C@@H]1OCCCN1C2=O. The Morgan fingerprint density at radius 1 is 1.08 bits per heavy atom. The molecule has 0 spiro atoms. The largest absolute Gasteiger partial charge is 0.487 e. The number of carboxylic acid groups (broad SMARTS) is 1. The van der Waals surface area contributed by atoms with Gasteiger partial charge in [-0.05, 0) is 24.0 Å². The number of unbranched alkanes of at least 4 members (excludes halogenated alkanes) is 1. The predicted octanol–water partition coefficient (Wildman–Crippen LogP) is 4.30. The number of carboxylic acids is 1. The first-order valence-corrected chi connectivity index (χ1v) is 12.7. The van der Waals surface area contributed by atoms with E-state index in [4.69, 9.17) is 9.47 Å². The minimum Gasteiger partial charge on any atom is -0.487 e. The number of benzene rings is 2. The molecule has 0 bridgehead atoms. The Kier molecular flexibility index (Phi) is 7.10. The zero-order valence-electron chi connectivity index (χ0n) is 20.7. The lowest BCUT2D eigenvalue weighted by Gasteiger charge is -2.48. The van der Waals surface area contributed by atoms with Crippen LogP contribution in [-0.4, -0.2) is 52.4 Å². The molecule has 192 valence electrons. The number of rotatable bonds is 8. The minimum absolute atomic E-state index is 0.0784. The van der Waals surface area contributed by atoms with Crippen LogP contribution in [0.15, 0.2) is 71.7 Å². The van der Waals surface area contributed by atoms with Crippen LogP contribution in [0.25, 0.3) is 0 Å². The maximum absolute atomic E-state index is 13.8. The second-order valence-corrected chi connectivity index (χ2v) is 9.37. The summed E-state index contributed by atoms with van der Waals surface area (Å²) in [6.07, 6.45) is 2.81. The lowest BCUT2D eigenvalue weighted by molar-refractivity contribution is -0.114. The van der Waals surface area contributed by atoms with Gasteiger partial charge in [-0.15, -0.1) is 0 Å². The van der Waals surface area contributed by atoms with Gasteiger partial charge in [-0.25, -0.2) is 4.79 Å². The van der Waals surface area contributed by atoms with Crippen molar-refractivity contribution in [3.63, 3.8) is 0 Å². The van der Waals surface area contributed by atoms with E-state index in [1.807, 2.05) is 67.6 Å². The van der Waals surface area contributed by atoms with Crippen molar-refractivity contribution in [3.8, 4) is 5.75 Å². The number of amides is 1. The summed E-state index contributed by atoms with van der Waals surface area (Å²) in [6.45, 7) is 3.14. The topological polar surface area (TPSA) is 98.1 Å². The van der Waals surface area contributed by atoms with Gasteiger partial charge in [0.2, 0.25) is 5.43 Å². The number of carbonyl (C=O) groups excluding carboxylic acids is 1. The van der Waals surface area contributed by atoms with Gasteiger partial charge in [-0.2, -0.15) is 0 Å². The molecule has 2 aliphatic rings. The van der Waals surface area contributed by atoms with E-state index < -0.39 is 29.2 Å². The fourth-order valence-corrected chi connectivity index (χ4v) is 5.32. The number of nitrogens with zero attached hydrogens (tertiary/aromatic N) is 2. The molecule has 2 aliphatic heterocycles. The Morgan fingerprint density at radius 3 is 2.32 bits per heavy atom. The van der Waals surface area contributed by atoms with E-state index in [9.17, 15) is 19.5 Å². The number of aromatic nitrogens is 1. The molecular weight excluding hydrogens is 472 g/mol. The van der Waals surface area contributed by atoms with E-state index in [0.29, 0.717) is 26.0 Å². The van der Waals surface area contributed by atoms with Crippen molar-refractivity contribution in [2.24, 2.45) is 0 Å². The fourth-order valence-electron chi connectivity index (χ4n) is 5.32. The molecule has 1 saturated heterocycles. The third-order valence-corrected chi connectivity index (χ3v) is 7.04. The first kappa shape index (κ1) is 24.8. The van der Waals surface area contributed by atoms with Crippen LogP contribution >= 0.6 is 0 Å². The summed E-state index contributed by atoms with van der Waals surface area (Å²) in [6, 6.07) is 19.2.